The number of β-amino-alcohol motifs (C(OH)–C–C–N with tert-alkyl or cyclic N) is 1. The number of amides is 1. The second-order valence-electron chi connectivity index (χ2n) is 8.53. The molecule has 7 heteroatoms. The van der Waals surface area contributed by atoms with Crippen LogP contribution in [0.25, 0.3) is 11.0 Å². The van der Waals surface area contributed by atoms with Crippen molar-refractivity contribution in [1.82, 2.24) is 18.9 Å². The van der Waals surface area contributed by atoms with Gasteiger partial charge in [-0.15, -0.1) is 0 Å². The Kier molecular flexibility index (Phi) is 5.98. The number of aliphatic hydroxyl groups is 1. The second-order valence-corrected chi connectivity index (χ2v) is 8.53. The van der Waals surface area contributed by atoms with Crippen LogP contribution in [0.5, 0.6) is 0 Å². The number of benzene rings is 2. The van der Waals surface area contributed by atoms with E-state index in [0.29, 0.717) is 13.1 Å². The Labute approximate surface area is 182 Å². The topological polar surface area (TPSA) is 70.7 Å². The van der Waals surface area contributed by atoms with Crippen LogP contribution >= 0.6 is 0 Å². The van der Waals surface area contributed by atoms with Crippen LogP contribution in [0.3, 0.4) is 0 Å². The van der Waals surface area contributed by atoms with E-state index in [1.54, 1.807) is 23.2 Å². The third-order valence-corrected chi connectivity index (χ3v) is 6.42. The van der Waals surface area contributed by atoms with Crippen LogP contribution in [0.15, 0.2) is 53.3 Å². The normalized spacial score (nSPS) is 17.9. The summed E-state index contributed by atoms with van der Waals surface area (Å²) >= 11 is 0. The molecular formula is C24H30N4O3. The van der Waals surface area contributed by atoms with Crippen molar-refractivity contribution in [3.63, 3.8) is 0 Å². The number of likely N-dealkylation sites (tertiary alicyclic amines) is 1. The van der Waals surface area contributed by atoms with Gasteiger partial charge in [-0.1, -0.05) is 36.4 Å². The third-order valence-electron chi connectivity index (χ3n) is 6.42. The first-order chi connectivity index (χ1) is 14.8. The summed E-state index contributed by atoms with van der Waals surface area (Å²) < 4.78 is 3.22. The fraction of sp³-hybridized carbons (Fsp3) is 0.417. The Balaban J connectivity index is 1.56. The largest absolute Gasteiger partial charge is 0.392 e. The number of aliphatic hydroxyl groups excluding tert-OH is 1. The van der Waals surface area contributed by atoms with Gasteiger partial charge >= 0.3 is 5.69 Å². The molecule has 1 aliphatic rings. The van der Waals surface area contributed by atoms with E-state index < -0.39 is 0 Å². The number of hydrogen-bond donors (Lipinski definition) is 1. The molecule has 1 N–H and O–H groups in total. The number of carbonyl (C=O) groups is 1. The number of nitrogens with zero attached hydrogens (tertiary/aromatic N) is 4. The van der Waals surface area contributed by atoms with Crippen molar-refractivity contribution >= 4 is 16.9 Å². The number of aromatic nitrogens is 2. The molecule has 7 nitrogen and oxygen atoms in total. The smallest absolute Gasteiger partial charge is 0.328 e. The van der Waals surface area contributed by atoms with Crippen LogP contribution in [0.1, 0.15) is 23.6 Å². The molecule has 164 valence electrons. The van der Waals surface area contributed by atoms with Gasteiger partial charge < -0.3 is 10.0 Å². The molecule has 3 aromatic rings. The van der Waals surface area contributed by atoms with E-state index in [9.17, 15) is 14.7 Å². The molecule has 1 fully saturated rings. The van der Waals surface area contributed by atoms with E-state index in [2.05, 4.69) is 4.90 Å². The van der Waals surface area contributed by atoms with Gasteiger partial charge in [0, 0.05) is 40.8 Å². The monoisotopic (exact) mass is 422 g/mol. The molecule has 0 unspecified atom stereocenters. The van der Waals surface area contributed by atoms with Gasteiger partial charge in [-0.3, -0.25) is 18.8 Å². The highest BCUT2D eigenvalue weighted by Crippen LogP contribution is 2.24. The van der Waals surface area contributed by atoms with E-state index in [-0.39, 0.29) is 30.2 Å². The Morgan fingerprint density at radius 2 is 1.84 bits per heavy atom. The number of carbonyl (C=O) groups excluding carboxylic acids is 1. The summed E-state index contributed by atoms with van der Waals surface area (Å²) in [5.41, 5.74) is 3.57. The molecule has 2 heterocycles. The molecule has 0 radical (unpaired) electrons. The number of imidazole rings is 1. The van der Waals surface area contributed by atoms with Gasteiger partial charge in [-0.25, -0.2) is 4.79 Å². The SMILES string of the molecule is CN(C(=O)Cc1ccc2c(c1)n(C)c(=O)n2C)[C@H](CN1CC[C@H](O)C1)c1ccccc1. The van der Waals surface area contributed by atoms with Crippen molar-refractivity contribution in [2.45, 2.75) is 25.0 Å². The Hall–Kier alpha value is -2.90. The molecule has 0 bridgehead atoms. The summed E-state index contributed by atoms with van der Waals surface area (Å²) in [7, 11) is 5.35. The maximum Gasteiger partial charge on any atom is 0.328 e. The lowest BCUT2D eigenvalue weighted by molar-refractivity contribution is -0.131. The quantitative estimate of drug-likeness (QED) is 0.656. The molecule has 0 aliphatic carbocycles. The third kappa shape index (κ3) is 4.29. The zero-order valence-corrected chi connectivity index (χ0v) is 18.4. The first-order valence-corrected chi connectivity index (χ1v) is 10.7. The van der Waals surface area contributed by atoms with Crippen molar-refractivity contribution in [1.29, 1.82) is 0 Å². The number of aryl methyl sites for hydroxylation is 2. The molecule has 0 spiro atoms. The zero-order valence-electron chi connectivity index (χ0n) is 18.4. The van der Waals surface area contributed by atoms with Crippen LogP contribution in [0.4, 0.5) is 0 Å². The Morgan fingerprint density at radius 1 is 1.13 bits per heavy atom. The molecule has 1 aromatic heterocycles. The highest BCUT2D eigenvalue weighted by Gasteiger charge is 2.28. The molecule has 0 saturated carbocycles. The minimum Gasteiger partial charge on any atom is -0.392 e. The number of rotatable bonds is 6. The Morgan fingerprint density at radius 3 is 2.52 bits per heavy atom. The zero-order chi connectivity index (χ0) is 22.1. The lowest BCUT2D eigenvalue weighted by Gasteiger charge is -2.32. The predicted molar refractivity (Wildman–Crippen MR) is 121 cm³/mol. The average Bonchev–Trinajstić information content (AvgIpc) is 3.28. The summed E-state index contributed by atoms with van der Waals surface area (Å²) in [5.74, 6) is 0.0221. The fourth-order valence-corrected chi connectivity index (χ4v) is 4.48. The molecule has 31 heavy (non-hydrogen) atoms. The predicted octanol–water partition coefficient (Wildman–Crippen LogP) is 1.69. The highest BCUT2D eigenvalue weighted by molar-refractivity contribution is 5.82. The van der Waals surface area contributed by atoms with Crippen molar-refractivity contribution in [2.24, 2.45) is 14.1 Å². The number of hydrogen-bond acceptors (Lipinski definition) is 4. The maximum atomic E-state index is 13.2. The molecule has 2 atom stereocenters. The van der Waals surface area contributed by atoms with Crippen molar-refractivity contribution in [3.8, 4) is 0 Å². The molecule has 1 amide bonds. The van der Waals surface area contributed by atoms with Gasteiger partial charge in [-0.05, 0) is 29.7 Å². The number of fused-ring (bicyclic) bond motifs is 1. The van der Waals surface area contributed by atoms with Crippen LogP contribution in [-0.4, -0.2) is 62.7 Å². The van der Waals surface area contributed by atoms with Crippen molar-refractivity contribution < 1.29 is 9.90 Å². The molecular weight excluding hydrogens is 392 g/mol. The fourth-order valence-electron chi connectivity index (χ4n) is 4.48. The Bertz CT molecular complexity index is 1130. The summed E-state index contributed by atoms with van der Waals surface area (Å²) in [5, 5.41) is 9.91. The molecule has 4 rings (SSSR count). The van der Waals surface area contributed by atoms with Crippen molar-refractivity contribution in [2.75, 3.05) is 26.7 Å². The lowest BCUT2D eigenvalue weighted by atomic mass is 10.0. The maximum absolute atomic E-state index is 13.2. The summed E-state index contributed by atoms with van der Waals surface area (Å²) in [6, 6.07) is 15.7. The molecule has 1 aliphatic heterocycles. The highest BCUT2D eigenvalue weighted by atomic mass is 16.3. The van der Waals surface area contributed by atoms with Crippen LogP contribution in [-0.2, 0) is 25.3 Å². The van der Waals surface area contributed by atoms with Gasteiger partial charge in [0.2, 0.25) is 5.91 Å². The lowest BCUT2D eigenvalue weighted by Crippen LogP contribution is -2.39. The van der Waals surface area contributed by atoms with E-state index in [4.69, 9.17) is 0 Å². The summed E-state index contributed by atoms with van der Waals surface area (Å²) in [6.45, 7) is 2.17. The minimum absolute atomic E-state index is 0.0221. The van der Waals surface area contributed by atoms with E-state index in [1.807, 2.05) is 60.5 Å². The van der Waals surface area contributed by atoms with Crippen LogP contribution in [0.2, 0.25) is 0 Å². The van der Waals surface area contributed by atoms with Gasteiger partial charge in [0.05, 0.1) is 29.6 Å². The standard InChI is InChI=1S/C24H30N4O3/c1-25(22(18-7-5-4-6-8-18)16-28-12-11-19(29)15-28)23(30)14-17-9-10-20-21(13-17)27(3)24(31)26(20)2/h4-10,13,19,22,29H,11-12,14-16H2,1-3H3/t19-,22+/m0/s1. The van der Waals surface area contributed by atoms with Gasteiger partial charge in [-0.2, -0.15) is 0 Å². The van der Waals surface area contributed by atoms with E-state index in [0.717, 1.165) is 35.1 Å². The van der Waals surface area contributed by atoms with Crippen molar-refractivity contribution in [3.05, 3.63) is 70.1 Å². The summed E-state index contributed by atoms with van der Waals surface area (Å²) in [4.78, 5) is 29.5. The summed E-state index contributed by atoms with van der Waals surface area (Å²) in [6.07, 6.45) is 0.748. The van der Waals surface area contributed by atoms with Gasteiger partial charge in [0.1, 0.15) is 0 Å². The van der Waals surface area contributed by atoms with Gasteiger partial charge in [0.15, 0.2) is 0 Å². The first kappa shape index (κ1) is 21.3. The minimum atomic E-state index is -0.290. The molecule has 2 aromatic carbocycles. The second kappa shape index (κ2) is 8.69. The van der Waals surface area contributed by atoms with E-state index >= 15 is 0 Å². The number of likely N-dealkylation sites (N-methyl/N-ethyl adjacent to an activating group) is 1. The van der Waals surface area contributed by atoms with Crippen LogP contribution < -0.4 is 5.69 Å². The molecule has 1 saturated heterocycles. The van der Waals surface area contributed by atoms with E-state index in [1.165, 1.54) is 0 Å². The average molecular weight is 423 g/mol. The first-order valence-electron chi connectivity index (χ1n) is 10.7. The van der Waals surface area contributed by atoms with Crippen LogP contribution in [0, 0.1) is 0 Å². The van der Waals surface area contributed by atoms with Gasteiger partial charge in [0.25, 0.3) is 0 Å².